The van der Waals surface area contributed by atoms with Crippen molar-refractivity contribution in [3.05, 3.63) is 22.6 Å². The monoisotopic (exact) mass is 302 g/mol. The summed E-state index contributed by atoms with van der Waals surface area (Å²) in [5.74, 6) is -0.148. The van der Waals surface area contributed by atoms with Crippen molar-refractivity contribution in [1.29, 1.82) is 0 Å². The van der Waals surface area contributed by atoms with Crippen LogP contribution in [0.4, 0.5) is 10.2 Å². The van der Waals surface area contributed by atoms with Crippen molar-refractivity contribution in [2.24, 2.45) is 0 Å². The summed E-state index contributed by atoms with van der Waals surface area (Å²) in [5, 5.41) is 2.65. The van der Waals surface area contributed by atoms with Crippen molar-refractivity contribution in [2.45, 2.75) is 39.0 Å². The highest BCUT2D eigenvalue weighted by Crippen LogP contribution is 2.20. The zero-order valence-electron chi connectivity index (χ0n) is 9.80. The molecule has 1 aromatic heterocycles. The Labute approximate surface area is 109 Å². The molecule has 0 aliphatic rings. The Hall–Kier alpha value is -0.970. The molecule has 0 aliphatic carbocycles. The Morgan fingerprint density at radius 3 is 2.88 bits per heavy atom. The normalized spacial score (nSPS) is 10.3. The van der Waals surface area contributed by atoms with Crippen LogP contribution in [-0.2, 0) is 4.79 Å². The molecule has 5 heteroatoms. The van der Waals surface area contributed by atoms with Crippen molar-refractivity contribution in [2.75, 3.05) is 5.32 Å². The van der Waals surface area contributed by atoms with Gasteiger partial charge in [-0.1, -0.05) is 26.2 Å². The maximum Gasteiger partial charge on any atom is 0.225 e. The topological polar surface area (TPSA) is 42.0 Å². The molecule has 1 rings (SSSR count). The number of hydrogen-bond donors (Lipinski definition) is 1. The van der Waals surface area contributed by atoms with E-state index < -0.39 is 5.82 Å². The van der Waals surface area contributed by atoms with E-state index in [9.17, 15) is 9.18 Å². The minimum Gasteiger partial charge on any atom is -0.310 e. The molecule has 1 heterocycles. The van der Waals surface area contributed by atoms with E-state index in [-0.39, 0.29) is 5.91 Å². The molecule has 3 nitrogen and oxygen atoms in total. The lowest BCUT2D eigenvalue weighted by atomic mass is 10.1. The zero-order chi connectivity index (χ0) is 12.7. The van der Waals surface area contributed by atoms with E-state index in [0.717, 1.165) is 31.9 Å². The van der Waals surface area contributed by atoms with Crippen LogP contribution in [0.1, 0.15) is 39.0 Å². The summed E-state index contributed by atoms with van der Waals surface area (Å²) in [6.07, 6.45) is 5.78. The highest BCUT2D eigenvalue weighted by Gasteiger charge is 2.07. The van der Waals surface area contributed by atoms with Gasteiger partial charge in [-0.05, 0) is 28.4 Å². The Morgan fingerprint density at radius 2 is 2.24 bits per heavy atom. The first-order chi connectivity index (χ1) is 8.13. The molecule has 0 bridgehead atoms. The second-order valence-corrected chi connectivity index (χ2v) is 4.70. The summed E-state index contributed by atoms with van der Waals surface area (Å²) in [5.41, 5.74) is 0. The quantitative estimate of drug-likeness (QED) is 0.810. The molecule has 1 amide bonds. The van der Waals surface area contributed by atoms with Gasteiger partial charge in [-0.3, -0.25) is 4.79 Å². The minimum absolute atomic E-state index is 0.0825. The van der Waals surface area contributed by atoms with Crippen LogP contribution in [0.5, 0.6) is 0 Å². The smallest absolute Gasteiger partial charge is 0.225 e. The second-order valence-electron chi connectivity index (χ2n) is 3.84. The molecule has 0 fully saturated rings. The molecule has 17 heavy (non-hydrogen) atoms. The van der Waals surface area contributed by atoms with E-state index in [0.29, 0.717) is 16.7 Å². The minimum atomic E-state index is -0.433. The van der Waals surface area contributed by atoms with Gasteiger partial charge in [0.15, 0.2) is 0 Å². The number of unbranched alkanes of at least 4 members (excludes halogenated alkanes) is 3. The van der Waals surface area contributed by atoms with Crippen molar-refractivity contribution in [3.63, 3.8) is 0 Å². The Balaban J connectivity index is 2.40. The lowest BCUT2D eigenvalue weighted by Crippen LogP contribution is -2.12. The van der Waals surface area contributed by atoms with Crippen LogP contribution in [-0.4, -0.2) is 10.9 Å². The molecule has 1 N–H and O–H groups in total. The fraction of sp³-hybridized carbons (Fsp3) is 0.500. The summed E-state index contributed by atoms with van der Waals surface area (Å²) >= 11 is 3.15. The molecular formula is C12H16BrFN2O. The van der Waals surface area contributed by atoms with Crippen molar-refractivity contribution < 1.29 is 9.18 Å². The van der Waals surface area contributed by atoms with Gasteiger partial charge < -0.3 is 5.32 Å². The summed E-state index contributed by atoms with van der Waals surface area (Å²) in [6, 6.07) is 1.28. The van der Waals surface area contributed by atoms with E-state index in [4.69, 9.17) is 0 Å². The third kappa shape index (κ3) is 5.26. The number of rotatable bonds is 6. The van der Waals surface area contributed by atoms with Crippen molar-refractivity contribution >= 4 is 27.7 Å². The molecule has 0 aromatic carbocycles. The van der Waals surface area contributed by atoms with Gasteiger partial charge in [0, 0.05) is 6.42 Å². The van der Waals surface area contributed by atoms with Crippen LogP contribution >= 0.6 is 15.9 Å². The lowest BCUT2D eigenvalue weighted by molar-refractivity contribution is -0.116. The van der Waals surface area contributed by atoms with Gasteiger partial charge in [0.2, 0.25) is 5.91 Å². The summed E-state index contributed by atoms with van der Waals surface area (Å²) in [4.78, 5) is 15.4. The van der Waals surface area contributed by atoms with Crippen LogP contribution in [0.15, 0.2) is 16.7 Å². The van der Waals surface area contributed by atoms with Crippen LogP contribution in [0.2, 0.25) is 0 Å². The first-order valence-electron chi connectivity index (χ1n) is 5.74. The number of amides is 1. The number of pyridine rings is 1. The summed E-state index contributed by atoms with van der Waals surface area (Å²) in [7, 11) is 0. The number of carbonyl (C=O) groups is 1. The largest absolute Gasteiger partial charge is 0.310 e. The maximum absolute atomic E-state index is 12.8. The average Bonchev–Trinajstić information content (AvgIpc) is 2.28. The third-order valence-corrected chi connectivity index (χ3v) is 2.93. The first kappa shape index (κ1) is 14.1. The predicted octanol–water partition coefficient (Wildman–Crippen LogP) is 3.89. The molecule has 0 atom stereocenters. The number of nitrogens with zero attached hydrogens (tertiary/aromatic N) is 1. The maximum atomic E-state index is 12.8. The van der Waals surface area contributed by atoms with E-state index in [1.54, 1.807) is 0 Å². The van der Waals surface area contributed by atoms with E-state index >= 15 is 0 Å². The van der Waals surface area contributed by atoms with Crippen LogP contribution in [0, 0.1) is 5.82 Å². The van der Waals surface area contributed by atoms with Gasteiger partial charge >= 0.3 is 0 Å². The molecular weight excluding hydrogens is 287 g/mol. The van der Waals surface area contributed by atoms with Gasteiger partial charge in [0.05, 0.1) is 10.7 Å². The SMILES string of the molecule is CCCCCCC(=O)Nc1ncc(F)cc1Br. The highest BCUT2D eigenvalue weighted by atomic mass is 79.9. The van der Waals surface area contributed by atoms with E-state index in [2.05, 4.69) is 33.2 Å². The van der Waals surface area contributed by atoms with E-state index in [1.807, 2.05) is 0 Å². The summed E-state index contributed by atoms with van der Waals surface area (Å²) in [6.45, 7) is 2.12. The van der Waals surface area contributed by atoms with Crippen LogP contribution in [0.25, 0.3) is 0 Å². The molecule has 0 saturated heterocycles. The van der Waals surface area contributed by atoms with E-state index in [1.165, 1.54) is 6.07 Å². The molecule has 0 radical (unpaired) electrons. The average molecular weight is 303 g/mol. The number of aromatic nitrogens is 1. The fourth-order valence-electron chi connectivity index (χ4n) is 1.41. The van der Waals surface area contributed by atoms with Crippen LogP contribution < -0.4 is 5.32 Å². The van der Waals surface area contributed by atoms with Crippen molar-refractivity contribution in [1.82, 2.24) is 4.98 Å². The van der Waals surface area contributed by atoms with Gasteiger partial charge in [-0.25, -0.2) is 9.37 Å². The number of hydrogen-bond acceptors (Lipinski definition) is 2. The third-order valence-electron chi connectivity index (χ3n) is 2.32. The predicted molar refractivity (Wildman–Crippen MR) is 69.3 cm³/mol. The zero-order valence-corrected chi connectivity index (χ0v) is 11.4. The number of nitrogens with one attached hydrogen (secondary N) is 1. The Bertz CT molecular complexity index is 385. The number of halogens is 2. The molecule has 0 unspecified atom stereocenters. The molecule has 94 valence electrons. The molecule has 0 saturated carbocycles. The second kappa shape index (κ2) is 7.37. The molecule has 0 spiro atoms. The Kier molecular flexibility index (Phi) is 6.11. The van der Waals surface area contributed by atoms with Gasteiger partial charge in [-0.15, -0.1) is 0 Å². The fourth-order valence-corrected chi connectivity index (χ4v) is 1.83. The van der Waals surface area contributed by atoms with Gasteiger partial charge in [0.1, 0.15) is 11.6 Å². The summed E-state index contributed by atoms with van der Waals surface area (Å²) < 4.78 is 13.2. The lowest BCUT2D eigenvalue weighted by Gasteiger charge is -2.06. The number of carbonyl (C=O) groups excluding carboxylic acids is 1. The van der Waals surface area contributed by atoms with Crippen LogP contribution in [0.3, 0.4) is 0 Å². The van der Waals surface area contributed by atoms with Gasteiger partial charge in [0.25, 0.3) is 0 Å². The molecule has 0 aliphatic heterocycles. The highest BCUT2D eigenvalue weighted by molar-refractivity contribution is 9.10. The standard InChI is InChI=1S/C12H16BrFN2O/c1-2-3-4-5-6-11(17)16-12-10(13)7-9(14)8-15-12/h7-8H,2-6H2,1H3,(H,15,16,17). The van der Waals surface area contributed by atoms with Gasteiger partial charge in [-0.2, -0.15) is 0 Å². The number of anilines is 1. The first-order valence-corrected chi connectivity index (χ1v) is 6.53. The molecule has 1 aromatic rings. The van der Waals surface area contributed by atoms with Crippen molar-refractivity contribution in [3.8, 4) is 0 Å². The Morgan fingerprint density at radius 1 is 1.47 bits per heavy atom.